The Morgan fingerprint density at radius 3 is 2.56 bits per heavy atom. The van der Waals surface area contributed by atoms with Crippen LogP contribution in [0, 0.1) is 0 Å². The van der Waals surface area contributed by atoms with Crippen molar-refractivity contribution in [3.63, 3.8) is 0 Å². The van der Waals surface area contributed by atoms with Crippen LogP contribution in [0.3, 0.4) is 0 Å². The first-order valence-corrected chi connectivity index (χ1v) is 9.65. The summed E-state index contributed by atoms with van der Waals surface area (Å²) in [7, 11) is 0. The standard InChI is InChI=1S/C11H7N.C3H7.Sb/c1-2-5-10(6-3-1)11-7-4-8-12-9-11;1-3-2;/h1-5,7-8H;3H,1-2H3;. The van der Waals surface area contributed by atoms with E-state index in [1.165, 1.54) is 14.8 Å². The SMILES string of the molecule is C[CH](C)[Sb]1[c]2ccccc2-c2cccn[c]21. The van der Waals surface area contributed by atoms with Gasteiger partial charge >= 0.3 is 104 Å². The molecule has 1 nitrogen and oxygen atoms in total. The molecule has 0 saturated carbocycles. The molecule has 0 amide bonds. The van der Waals surface area contributed by atoms with Crippen LogP contribution in [0.5, 0.6) is 0 Å². The summed E-state index contributed by atoms with van der Waals surface area (Å²) in [4.78, 5) is 4.66. The number of hydrogen-bond donors (Lipinski definition) is 0. The summed E-state index contributed by atoms with van der Waals surface area (Å²) in [5.74, 6) is 0. The summed E-state index contributed by atoms with van der Waals surface area (Å²) < 4.78 is 3.83. The van der Waals surface area contributed by atoms with Crippen LogP contribution in [-0.4, -0.2) is 25.2 Å². The van der Waals surface area contributed by atoms with Crippen LogP contribution >= 0.6 is 0 Å². The molecule has 80 valence electrons. The van der Waals surface area contributed by atoms with Crippen molar-refractivity contribution < 1.29 is 0 Å². The van der Waals surface area contributed by atoms with Crippen molar-refractivity contribution in [2.24, 2.45) is 0 Å². The molecule has 2 heterocycles. The van der Waals surface area contributed by atoms with Gasteiger partial charge < -0.3 is 0 Å². The van der Waals surface area contributed by atoms with Gasteiger partial charge in [-0.3, -0.25) is 0 Å². The minimum absolute atomic E-state index is 0.778. The predicted octanol–water partition coefficient (Wildman–Crippen LogP) is 2.08. The van der Waals surface area contributed by atoms with Crippen LogP contribution in [0.25, 0.3) is 11.1 Å². The number of benzene rings is 1. The van der Waals surface area contributed by atoms with E-state index >= 15 is 0 Å². The average Bonchev–Trinajstić information content (AvgIpc) is 2.63. The fourth-order valence-electron chi connectivity index (χ4n) is 2.35. The van der Waals surface area contributed by atoms with Gasteiger partial charge in [0.25, 0.3) is 0 Å². The first kappa shape index (κ1) is 10.3. The Kier molecular flexibility index (Phi) is 2.52. The maximum atomic E-state index is 4.66. The average molecular weight is 318 g/mol. The third kappa shape index (κ3) is 1.42. The fraction of sp³-hybridized carbons (Fsp3) is 0.214. The van der Waals surface area contributed by atoms with Gasteiger partial charge in [-0.15, -0.1) is 0 Å². The Morgan fingerprint density at radius 2 is 1.75 bits per heavy atom. The van der Waals surface area contributed by atoms with Crippen molar-refractivity contribution in [2.45, 2.75) is 17.7 Å². The molecule has 0 saturated heterocycles. The Morgan fingerprint density at radius 1 is 1.00 bits per heavy atom. The Bertz CT molecular complexity index is 488. The van der Waals surface area contributed by atoms with Gasteiger partial charge in [0.2, 0.25) is 0 Å². The minimum atomic E-state index is -1.55. The Balaban J connectivity index is 2.30. The van der Waals surface area contributed by atoms with Gasteiger partial charge in [-0.25, -0.2) is 0 Å². The zero-order valence-electron chi connectivity index (χ0n) is 9.51. The third-order valence-corrected chi connectivity index (χ3v) is 10.8. The first-order valence-electron chi connectivity index (χ1n) is 5.62. The number of rotatable bonds is 1. The molecule has 16 heavy (non-hydrogen) atoms. The number of fused-ring (bicyclic) bond motifs is 3. The van der Waals surface area contributed by atoms with E-state index in [9.17, 15) is 0 Å². The van der Waals surface area contributed by atoms with Gasteiger partial charge in [-0.05, 0) is 0 Å². The van der Waals surface area contributed by atoms with Crippen molar-refractivity contribution in [1.29, 1.82) is 0 Å². The van der Waals surface area contributed by atoms with Crippen LogP contribution in [0.15, 0.2) is 42.6 Å². The van der Waals surface area contributed by atoms with Crippen molar-refractivity contribution in [1.82, 2.24) is 4.98 Å². The van der Waals surface area contributed by atoms with E-state index in [4.69, 9.17) is 0 Å². The molecule has 3 rings (SSSR count). The van der Waals surface area contributed by atoms with Crippen LogP contribution in [0.1, 0.15) is 13.8 Å². The quantitative estimate of drug-likeness (QED) is 0.734. The Labute approximate surface area is 103 Å². The van der Waals surface area contributed by atoms with Gasteiger partial charge in [-0.1, -0.05) is 0 Å². The predicted molar refractivity (Wildman–Crippen MR) is 69.8 cm³/mol. The van der Waals surface area contributed by atoms with Gasteiger partial charge in [-0.2, -0.15) is 0 Å². The van der Waals surface area contributed by atoms with Gasteiger partial charge in [0.1, 0.15) is 0 Å². The van der Waals surface area contributed by atoms with Crippen molar-refractivity contribution >= 4 is 27.4 Å². The second kappa shape index (κ2) is 3.89. The van der Waals surface area contributed by atoms with Crippen LogP contribution in [-0.2, 0) is 0 Å². The molecular formula is C14H14NSb. The van der Waals surface area contributed by atoms with Crippen LogP contribution < -0.4 is 7.15 Å². The molecule has 2 aromatic rings. The molecule has 0 fully saturated rings. The molecule has 1 aromatic carbocycles. The monoisotopic (exact) mass is 317 g/mol. The number of pyridine rings is 1. The van der Waals surface area contributed by atoms with E-state index < -0.39 is 20.2 Å². The summed E-state index contributed by atoms with van der Waals surface area (Å²) in [5, 5.41) is 0. The van der Waals surface area contributed by atoms with Gasteiger partial charge in [0.05, 0.1) is 0 Å². The van der Waals surface area contributed by atoms with E-state index in [0.29, 0.717) is 0 Å². The molecule has 1 aromatic heterocycles. The molecule has 0 radical (unpaired) electrons. The molecule has 0 unspecified atom stereocenters. The van der Waals surface area contributed by atoms with E-state index in [1.807, 2.05) is 6.20 Å². The third-order valence-electron chi connectivity index (χ3n) is 2.99. The van der Waals surface area contributed by atoms with Crippen LogP contribution in [0.4, 0.5) is 0 Å². The number of aromatic nitrogens is 1. The second-order valence-corrected chi connectivity index (χ2v) is 12.0. The van der Waals surface area contributed by atoms with E-state index in [0.717, 1.165) is 3.86 Å². The van der Waals surface area contributed by atoms with Crippen molar-refractivity contribution in [3.05, 3.63) is 42.6 Å². The summed E-state index contributed by atoms with van der Waals surface area (Å²) in [6.45, 7) is 4.70. The topological polar surface area (TPSA) is 12.9 Å². The molecule has 0 N–H and O–H groups in total. The summed E-state index contributed by atoms with van der Waals surface area (Å²) in [6, 6.07) is 13.2. The van der Waals surface area contributed by atoms with E-state index in [2.05, 4.69) is 55.2 Å². The zero-order valence-corrected chi connectivity index (χ0v) is 12.1. The molecule has 0 atom stereocenters. The van der Waals surface area contributed by atoms with E-state index in [1.54, 1.807) is 3.51 Å². The normalized spacial score (nSPS) is 13.9. The Hall–Kier alpha value is -0.812. The molecule has 0 aliphatic carbocycles. The van der Waals surface area contributed by atoms with Gasteiger partial charge in [0.15, 0.2) is 0 Å². The summed E-state index contributed by atoms with van der Waals surface area (Å²) in [5.41, 5.74) is 2.84. The molecule has 1 aliphatic heterocycles. The fourth-order valence-corrected chi connectivity index (χ4v) is 9.83. The van der Waals surface area contributed by atoms with Crippen molar-refractivity contribution in [2.75, 3.05) is 0 Å². The molecule has 1 aliphatic rings. The van der Waals surface area contributed by atoms with E-state index in [-0.39, 0.29) is 0 Å². The van der Waals surface area contributed by atoms with Crippen molar-refractivity contribution in [3.8, 4) is 11.1 Å². The molecule has 0 bridgehead atoms. The second-order valence-electron chi connectivity index (χ2n) is 4.36. The zero-order chi connectivity index (χ0) is 11.1. The maximum absolute atomic E-state index is 4.66. The molecular weight excluding hydrogens is 304 g/mol. The summed E-state index contributed by atoms with van der Waals surface area (Å²) in [6.07, 6.45) is 1.95. The summed E-state index contributed by atoms with van der Waals surface area (Å²) >= 11 is -1.55. The first-order chi connectivity index (χ1) is 7.79. The van der Waals surface area contributed by atoms with Gasteiger partial charge in [0, 0.05) is 0 Å². The number of hydrogen-bond acceptors (Lipinski definition) is 1. The van der Waals surface area contributed by atoms with Crippen LogP contribution in [0.2, 0.25) is 3.86 Å². The number of nitrogens with zero attached hydrogens (tertiary/aromatic N) is 1. The molecule has 0 spiro atoms. The molecule has 2 heteroatoms.